The van der Waals surface area contributed by atoms with Gasteiger partial charge in [-0.15, -0.1) is 0 Å². The molecule has 4 rings (SSSR count). The van der Waals surface area contributed by atoms with E-state index in [1.807, 2.05) is 6.07 Å². The van der Waals surface area contributed by atoms with Crippen LogP contribution in [0.1, 0.15) is 51.1 Å². The number of hydrogen-bond donors (Lipinski definition) is 1. The van der Waals surface area contributed by atoms with Gasteiger partial charge >= 0.3 is 0 Å². The summed E-state index contributed by atoms with van der Waals surface area (Å²) in [7, 11) is 0. The van der Waals surface area contributed by atoms with Crippen LogP contribution in [0.3, 0.4) is 0 Å². The zero-order valence-corrected chi connectivity index (χ0v) is 24.6. The van der Waals surface area contributed by atoms with Gasteiger partial charge in [-0.05, 0) is 62.1 Å². The normalized spacial score (nSPS) is 19.5. The van der Waals surface area contributed by atoms with Crippen LogP contribution in [0, 0.1) is 17.1 Å². The molecule has 44 heavy (non-hydrogen) atoms. The smallest absolute Gasteiger partial charge is 0.251 e. The van der Waals surface area contributed by atoms with Crippen molar-refractivity contribution in [1.29, 1.82) is 5.26 Å². The quantitative estimate of drug-likeness (QED) is 0.376. The van der Waals surface area contributed by atoms with Gasteiger partial charge in [0.25, 0.3) is 5.91 Å². The Balaban J connectivity index is 1.80. The van der Waals surface area contributed by atoms with Crippen molar-refractivity contribution in [3.05, 3.63) is 83.5 Å². The van der Waals surface area contributed by atoms with Gasteiger partial charge in [-0.1, -0.05) is 36.4 Å². The third kappa shape index (κ3) is 7.34. The number of carbonyl (C=O) groups excluding carboxylic acids is 3. The van der Waals surface area contributed by atoms with Crippen LogP contribution in [-0.4, -0.2) is 51.7 Å². The summed E-state index contributed by atoms with van der Waals surface area (Å²) in [6.45, 7) is 5.73. The SMILES string of the molecule is C=C(/C(Cl)=C\C=C/C)[C@@H](C(=O)NC1CCC(F)(F)CC1)N(C(=O)[C@@H]1CCC(=O)N1c1nccc(C#N)n1)c1cccc(F)c1. The van der Waals surface area contributed by atoms with Crippen LogP contribution in [0.2, 0.25) is 0 Å². The number of aromatic nitrogens is 2. The molecular weight excluding hydrogens is 597 g/mol. The summed E-state index contributed by atoms with van der Waals surface area (Å²) in [5, 5.41) is 12.1. The van der Waals surface area contributed by atoms with Gasteiger partial charge in [0, 0.05) is 42.2 Å². The Bertz CT molecular complexity index is 1550. The number of allylic oxidation sites excluding steroid dienone is 3. The van der Waals surface area contributed by atoms with E-state index in [4.69, 9.17) is 11.6 Å². The molecule has 2 atom stereocenters. The van der Waals surface area contributed by atoms with Crippen molar-refractivity contribution >= 4 is 41.0 Å². The van der Waals surface area contributed by atoms with Crippen LogP contribution < -0.4 is 15.1 Å². The first-order chi connectivity index (χ1) is 21.0. The van der Waals surface area contributed by atoms with E-state index in [2.05, 4.69) is 21.9 Å². The monoisotopic (exact) mass is 626 g/mol. The summed E-state index contributed by atoms with van der Waals surface area (Å²) in [6, 6.07) is 4.73. The summed E-state index contributed by atoms with van der Waals surface area (Å²) in [5.41, 5.74) is -0.0972. The molecule has 0 radical (unpaired) electrons. The Morgan fingerprint density at radius 1 is 1.27 bits per heavy atom. The van der Waals surface area contributed by atoms with Gasteiger partial charge in [0.2, 0.25) is 23.7 Å². The van der Waals surface area contributed by atoms with Crippen LogP contribution >= 0.6 is 11.6 Å². The molecule has 0 unspecified atom stereocenters. The lowest BCUT2D eigenvalue weighted by atomic mass is 9.91. The van der Waals surface area contributed by atoms with E-state index in [9.17, 15) is 32.8 Å². The number of amides is 3. The number of benzene rings is 1. The highest BCUT2D eigenvalue weighted by Gasteiger charge is 2.45. The highest BCUT2D eigenvalue weighted by Crippen LogP contribution is 2.35. The Morgan fingerprint density at radius 2 is 2.00 bits per heavy atom. The molecule has 9 nitrogen and oxygen atoms in total. The fraction of sp³-hybridized carbons (Fsp3) is 0.355. The minimum atomic E-state index is -2.84. The van der Waals surface area contributed by atoms with Crippen molar-refractivity contribution in [2.45, 2.75) is 69.5 Å². The summed E-state index contributed by atoms with van der Waals surface area (Å²) in [4.78, 5) is 51.7. The summed E-state index contributed by atoms with van der Waals surface area (Å²) in [5.74, 6) is -5.78. The topological polar surface area (TPSA) is 119 Å². The number of hydrogen-bond acceptors (Lipinski definition) is 6. The highest BCUT2D eigenvalue weighted by atomic mass is 35.5. The summed E-state index contributed by atoms with van der Waals surface area (Å²) < 4.78 is 42.3. The van der Waals surface area contributed by atoms with Crippen LogP contribution in [0.15, 0.2) is 71.9 Å². The first-order valence-electron chi connectivity index (χ1n) is 14.0. The van der Waals surface area contributed by atoms with Gasteiger partial charge < -0.3 is 5.32 Å². The molecule has 1 aliphatic carbocycles. The van der Waals surface area contributed by atoms with E-state index >= 15 is 0 Å². The number of nitriles is 1. The highest BCUT2D eigenvalue weighted by molar-refractivity contribution is 6.32. The lowest BCUT2D eigenvalue weighted by Gasteiger charge is -2.37. The van der Waals surface area contributed by atoms with Crippen molar-refractivity contribution in [2.75, 3.05) is 9.80 Å². The second-order valence-corrected chi connectivity index (χ2v) is 10.9. The molecule has 2 heterocycles. The molecular formula is C31H30ClF3N6O3. The molecule has 1 N–H and O–H groups in total. The fourth-order valence-corrected chi connectivity index (χ4v) is 5.38. The zero-order valence-electron chi connectivity index (χ0n) is 23.9. The lowest BCUT2D eigenvalue weighted by Crippen LogP contribution is -2.57. The van der Waals surface area contributed by atoms with Crippen molar-refractivity contribution < 1.29 is 27.6 Å². The Hall–Kier alpha value is -4.50. The molecule has 0 bridgehead atoms. The number of anilines is 2. The molecule has 2 aliphatic rings. The van der Waals surface area contributed by atoms with Gasteiger partial charge in [-0.3, -0.25) is 24.2 Å². The van der Waals surface area contributed by atoms with Gasteiger partial charge in [-0.2, -0.15) is 5.26 Å². The largest absolute Gasteiger partial charge is 0.351 e. The minimum Gasteiger partial charge on any atom is -0.351 e. The number of halogens is 4. The molecule has 13 heteroatoms. The maximum Gasteiger partial charge on any atom is 0.251 e. The van der Waals surface area contributed by atoms with Crippen LogP contribution in [0.25, 0.3) is 0 Å². The molecule has 1 saturated carbocycles. The third-order valence-electron chi connectivity index (χ3n) is 7.44. The predicted octanol–water partition coefficient (Wildman–Crippen LogP) is 5.33. The predicted molar refractivity (Wildman–Crippen MR) is 158 cm³/mol. The van der Waals surface area contributed by atoms with E-state index < -0.39 is 60.4 Å². The minimum absolute atomic E-state index is 0.00426. The van der Waals surface area contributed by atoms with Gasteiger partial charge in [0.1, 0.15) is 29.7 Å². The Kier molecular flexibility index (Phi) is 10.2. The lowest BCUT2D eigenvalue weighted by molar-refractivity contribution is -0.127. The van der Waals surface area contributed by atoms with E-state index in [1.165, 1.54) is 30.5 Å². The first kappa shape index (κ1) is 32.4. The average molecular weight is 627 g/mol. The fourth-order valence-electron chi connectivity index (χ4n) is 5.20. The Morgan fingerprint density at radius 3 is 2.66 bits per heavy atom. The summed E-state index contributed by atoms with van der Waals surface area (Å²) >= 11 is 6.54. The van der Waals surface area contributed by atoms with E-state index in [0.717, 1.165) is 21.9 Å². The number of alkyl halides is 2. The molecule has 1 aliphatic heterocycles. The van der Waals surface area contributed by atoms with Gasteiger partial charge in [-0.25, -0.2) is 23.1 Å². The average Bonchev–Trinajstić information content (AvgIpc) is 3.40. The van der Waals surface area contributed by atoms with Crippen molar-refractivity contribution in [1.82, 2.24) is 15.3 Å². The van der Waals surface area contributed by atoms with E-state index in [1.54, 1.807) is 19.1 Å². The zero-order chi connectivity index (χ0) is 32.0. The number of nitrogens with zero attached hydrogens (tertiary/aromatic N) is 5. The van der Waals surface area contributed by atoms with Crippen LogP contribution in [-0.2, 0) is 14.4 Å². The van der Waals surface area contributed by atoms with Gasteiger partial charge in [0.05, 0.1) is 0 Å². The first-order valence-corrected chi connectivity index (χ1v) is 14.3. The number of rotatable bonds is 9. The standard InChI is InChI=1S/C31H30ClF3N6O3/c1-3-4-8-24(32)19(2)27(28(43)38-21-11-14-31(34,35)15-12-21)40(23-7-5-6-20(33)17-23)29(44)25-9-10-26(42)41(25)30-37-16-13-22(18-36)39-30/h3-8,13,16-17,21,25,27H,2,9-12,14-15H2,1H3,(H,38,43)/b4-3-,24-8+/t25-,27-/m0/s1. The maximum absolute atomic E-state index is 14.6. The molecule has 230 valence electrons. The molecule has 1 saturated heterocycles. The second-order valence-electron chi connectivity index (χ2n) is 10.5. The summed E-state index contributed by atoms with van der Waals surface area (Å²) in [6.07, 6.45) is 5.13. The second kappa shape index (κ2) is 13.9. The van der Waals surface area contributed by atoms with E-state index in [0.29, 0.717) is 0 Å². The molecule has 2 fully saturated rings. The third-order valence-corrected chi connectivity index (χ3v) is 7.80. The van der Waals surface area contributed by atoms with Crippen LogP contribution in [0.4, 0.5) is 24.8 Å². The Labute approximate surface area is 257 Å². The molecule has 0 spiro atoms. The van der Waals surface area contributed by atoms with Crippen molar-refractivity contribution in [3.63, 3.8) is 0 Å². The van der Waals surface area contributed by atoms with Crippen LogP contribution in [0.5, 0.6) is 0 Å². The molecule has 2 aromatic rings. The number of nitrogens with one attached hydrogen (secondary N) is 1. The molecule has 1 aromatic heterocycles. The van der Waals surface area contributed by atoms with Gasteiger partial charge in [0.15, 0.2) is 0 Å². The molecule has 3 amide bonds. The number of carbonyl (C=O) groups is 3. The molecule has 1 aromatic carbocycles. The maximum atomic E-state index is 14.6. The van der Waals surface area contributed by atoms with E-state index in [-0.39, 0.29) is 53.6 Å². The van der Waals surface area contributed by atoms with Crippen molar-refractivity contribution in [3.8, 4) is 6.07 Å². The van der Waals surface area contributed by atoms with Crippen molar-refractivity contribution in [2.24, 2.45) is 0 Å².